The Morgan fingerprint density at radius 3 is 2.59 bits per heavy atom. The zero-order valence-electron chi connectivity index (χ0n) is 10.7. The van der Waals surface area contributed by atoms with E-state index in [2.05, 4.69) is 18.7 Å². The lowest BCUT2D eigenvalue weighted by molar-refractivity contribution is 0.199. The van der Waals surface area contributed by atoms with E-state index in [-0.39, 0.29) is 11.4 Å². The Kier molecular flexibility index (Phi) is 3.13. The van der Waals surface area contributed by atoms with Gasteiger partial charge in [-0.05, 0) is 51.3 Å². The predicted molar refractivity (Wildman–Crippen MR) is 67.7 cm³/mol. The fourth-order valence-corrected chi connectivity index (χ4v) is 2.56. The first-order chi connectivity index (χ1) is 7.92. The van der Waals surface area contributed by atoms with Crippen LogP contribution < -0.4 is 4.90 Å². The van der Waals surface area contributed by atoms with E-state index in [9.17, 15) is 9.50 Å². The largest absolute Gasteiger partial charge is 0.389 e. The highest BCUT2D eigenvalue weighted by Gasteiger charge is 2.33. The normalized spacial score (nSPS) is 20.6. The number of aliphatic hydroxyl groups is 1. The van der Waals surface area contributed by atoms with Crippen molar-refractivity contribution in [2.45, 2.75) is 45.3 Å². The fourth-order valence-electron chi connectivity index (χ4n) is 2.56. The van der Waals surface area contributed by atoms with E-state index in [0.29, 0.717) is 11.3 Å². The number of halogens is 1. The molecule has 0 aromatic heterocycles. The summed E-state index contributed by atoms with van der Waals surface area (Å²) in [5, 5.41) is 9.43. The van der Waals surface area contributed by atoms with Gasteiger partial charge in [0.2, 0.25) is 0 Å². The topological polar surface area (TPSA) is 23.5 Å². The number of hydrogen-bond acceptors (Lipinski definition) is 2. The van der Waals surface area contributed by atoms with Crippen molar-refractivity contribution in [1.29, 1.82) is 0 Å². The minimum Gasteiger partial charge on any atom is -0.389 e. The molecule has 0 saturated carbocycles. The van der Waals surface area contributed by atoms with Crippen LogP contribution in [-0.4, -0.2) is 17.2 Å². The Morgan fingerprint density at radius 2 is 2.12 bits per heavy atom. The highest BCUT2D eigenvalue weighted by molar-refractivity contribution is 5.52. The number of nitrogens with zero attached hydrogens (tertiary/aromatic N) is 1. The maximum Gasteiger partial charge on any atom is 0.146 e. The lowest BCUT2D eigenvalue weighted by atomic mass is 10.0. The molecule has 0 bridgehead atoms. The van der Waals surface area contributed by atoms with Gasteiger partial charge in [-0.15, -0.1) is 0 Å². The van der Waals surface area contributed by atoms with E-state index in [0.717, 1.165) is 19.4 Å². The third kappa shape index (κ3) is 2.29. The Hall–Kier alpha value is -1.09. The summed E-state index contributed by atoms with van der Waals surface area (Å²) < 4.78 is 14.1. The van der Waals surface area contributed by atoms with Crippen molar-refractivity contribution >= 4 is 5.69 Å². The van der Waals surface area contributed by atoms with E-state index >= 15 is 0 Å². The highest BCUT2D eigenvalue weighted by atomic mass is 19.1. The SMILES string of the molecule is C[C@@H](O)c1ccc(N2CCCC2(C)C)c(F)c1. The summed E-state index contributed by atoms with van der Waals surface area (Å²) in [6, 6.07) is 5.02. The van der Waals surface area contributed by atoms with Gasteiger partial charge in [0.05, 0.1) is 11.8 Å². The lowest BCUT2D eigenvalue weighted by Crippen LogP contribution is -2.38. The molecule has 0 spiro atoms. The Bertz CT molecular complexity index is 415. The van der Waals surface area contributed by atoms with Crippen molar-refractivity contribution in [3.63, 3.8) is 0 Å². The Labute approximate surface area is 102 Å². The molecular weight excluding hydrogens is 217 g/mol. The van der Waals surface area contributed by atoms with Crippen molar-refractivity contribution < 1.29 is 9.50 Å². The second-order valence-electron chi connectivity index (χ2n) is 5.45. The van der Waals surface area contributed by atoms with Gasteiger partial charge in [0.25, 0.3) is 0 Å². The first-order valence-corrected chi connectivity index (χ1v) is 6.17. The molecule has 1 atom stereocenters. The van der Waals surface area contributed by atoms with Crippen molar-refractivity contribution in [3.05, 3.63) is 29.6 Å². The molecule has 17 heavy (non-hydrogen) atoms. The van der Waals surface area contributed by atoms with E-state index in [1.165, 1.54) is 6.07 Å². The third-order valence-electron chi connectivity index (χ3n) is 3.65. The smallest absolute Gasteiger partial charge is 0.146 e. The van der Waals surface area contributed by atoms with Crippen molar-refractivity contribution in [1.82, 2.24) is 0 Å². The summed E-state index contributed by atoms with van der Waals surface area (Å²) in [5.74, 6) is -0.238. The molecule has 1 N–H and O–H groups in total. The maximum absolute atomic E-state index is 14.1. The van der Waals surface area contributed by atoms with Gasteiger partial charge in [0.1, 0.15) is 5.82 Å². The molecule has 0 amide bonds. The summed E-state index contributed by atoms with van der Waals surface area (Å²) >= 11 is 0. The van der Waals surface area contributed by atoms with Gasteiger partial charge in [0.15, 0.2) is 0 Å². The molecule has 1 aromatic rings. The monoisotopic (exact) mass is 237 g/mol. The summed E-state index contributed by atoms with van der Waals surface area (Å²) in [7, 11) is 0. The van der Waals surface area contributed by atoms with Gasteiger partial charge in [-0.2, -0.15) is 0 Å². The van der Waals surface area contributed by atoms with Crippen molar-refractivity contribution in [2.24, 2.45) is 0 Å². The van der Waals surface area contributed by atoms with Crippen LogP contribution in [0.15, 0.2) is 18.2 Å². The molecular formula is C14H20FNO. The zero-order chi connectivity index (χ0) is 12.6. The molecule has 2 nitrogen and oxygen atoms in total. The second kappa shape index (κ2) is 4.30. The first kappa shape index (κ1) is 12.4. The Morgan fingerprint density at radius 1 is 1.41 bits per heavy atom. The second-order valence-corrected chi connectivity index (χ2v) is 5.45. The molecule has 94 valence electrons. The van der Waals surface area contributed by atoms with Crippen LogP contribution in [0, 0.1) is 5.82 Å². The standard InChI is InChI=1S/C14H20FNO/c1-10(17)11-5-6-13(12(15)9-11)16-8-4-7-14(16,2)3/h5-6,9-10,17H,4,7-8H2,1-3H3/t10-/m1/s1. The predicted octanol–water partition coefficient (Wildman–Crippen LogP) is 3.26. The molecule has 2 rings (SSSR count). The average Bonchev–Trinajstić information content (AvgIpc) is 2.58. The zero-order valence-corrected chi connectivity index (χ0v) is 10.7. The van der Waals surface area contributed by atoms with E-state index in [4.69, 9.17) is 0 Å². The number of benzene rings is 1. The number of aliphatic hydroxyl groups excluding tert-OH is 1. The van der Waals surface area contributed by atoms with Gasteiger partial charge in [-0.25, -0.2) is 4.39 Å². The van der Waals surface area contributed by atoms with Gasteiger partial charge < -0.3 is 10.0 Å². The number of rotatable bonds is 2. The molecule has 3 heteroatoms. The van der Waals surface area contributed by atoms with Crippen LogP contribution in [0.3, 0.4) is 0 Å². The molecule has 1 saturated heterocycles. The first-order valence-electron chi connectivity index (χ1n) is 6.17. The molecule has 0 aliphatic carbocycles. The van der Waals surface area contributed by atoms with Crippen LogP contribution in [0.2, 0.25) is 0 Å². The molecule has 0 radical (unpaired) electrons. The van der Waals surface area contributed by atoms with E-state index < -0.39 is 6.10 Å². The summed E-state index contributed by atoms with van der Waals surface area (Å²) in [4.78, 5) is 2.12. The Balaban J connectivity index is 2.34. The average molecular weight is 237 g/mol. The number of hydrogen-bond donors (Lipinski definition) is 1. The lowest BCUT2D eigenvalue weighted by Gasteiger charge is -2.34. The summed E-state index contributed by atoms with van der Waals surface area (Å²) in [6.07, 6.45) is 1.57. The molecule has 1 aliphatic rings. The molecule has 1 aromatic carbocycles. The van der Waals surface area contributed by atoms with Crippen LogP contribution in [0.4, 0.5) is 10.1 Å². The maximum atomic E-state index is 14.1. The minimum atomic E-state index is -0.620. The van der Waals surface area contributed by atoms with Crippen LogP contribution >= 0.6 is 0 Å². The van der Waals surface area contributed by atoms with Gasteiger partial charge >= 0.3 is 0 Å². The van der Waals surface area contributed by atoms with Crippen LogP contribution in [0.25, 0.3) is 0 Å². The summed E-state index contributed by atoms with van der Waals surface area (Å²) in [5.41, 5.74) is 1.30. The van der Waals surface area contributed by atoms with Crippen molar-refractivity contribution in [3.8, 4) is 0 Å². The highest BCUT2D eigenvalue weighted by Crippen LogP contribution is 2.35. The van der Waals surface area contributed by atoms with E-state index in [1.54, 1.807) is 19.1 Å². The van der Waals surface area contributed by atoms with Crippen molar-refractivity contribution in [2.75, 3.05) is 11.4 Å². The third-order valence-corrected chi connectivity index (χ3v) is 3.65. The molecule has 1 aliphatic heterocycles. The molecule has 1 heterocycles. The summed E-state index contributed by atoms with van der Waals surface area (Å²) in [6.45, 7) is 6.83. The van der Waals surface area contributed by atoms with E-state index in [1.807, 2.05) is 0 Å². The van der Waals surface area contributed by atoms with Gasteiger partial charge in [-0.3, -0.25) is 0 Å². The number of anilines is 1. The fraction of sp³-hybridized carbons (Fsp3) is 0.571. The minimum absolute atomic E-state index is 0.0210. The quantitative estimate of drug-likeness (QED) is 0.853. The van der Waals surface area contributed by atoms with Crippen LogP contribution in [0.1, 0.15) is 45.3 Å². The van der Waals surface area contributed by atoms with Gasteiger partial charge in [-0.1, -0.05) is 6.07 Å². The molecule has 1 fully saturated rings. The molecule has 0 unspecified atom stereocenters. The van der Waals surface area contributed by atoms with Gasteiger partial charge in [0, 0.05) is 12.1 Å². The van der Waals surface area contributed by atoms with Crippen LogP contribution in [0.5, 0.6) is 0 Å². The van der Waals surface area contributed by atoms with Crippen LogP contribution in [-0.2, 0) is 0 Å².